The Morgan fingerprint density at radius 2 is 1.85 bits per heavy atom. The molecule has 0 heterocycles. The maximum atomic E-state index is 11.3. The number of nitrogens with one attached hydrogen (secondary N) is 2. The number of sulfone groups is 1. The molecule has 0 aliphatic rings. The molecule has 1 atom stereocenters. The Balaban J connectivity index is 2.50. The first-order valence-electron chi connectivity index (χ1n) is 9.64. The van der Waals surface area contributed by atoms with Crippen LogP contribution in [0.2, 0.25) is 0 Å². The molecule has 1 unspecified atom stereocenters. The van der Waals surface area contributed by atoms with Gasteiger partial charge in [-0.1, -0.05) is 26.0 Å². The summed E-state index contributed by atoms with van der Waals surface area (Å²) in [5, 5.41) is 6.47. The van der Waals surface area contributed by atoms with Crippen LogP contribution in [-0.2, 0) is 16.3 Å². The molecule has 0 aliphatic heterocycles. The molecule has 0 saturated heterocycles. The lowest BCUT2D eigenvalue weighted by molar-refractivity contribution is 0.271. The van der Waals surface area contributed by atoms with E-state index in [1.54, 1.807) is 0 Å². The Labute approximate surface area is 164 Å². The summed E-state index contributed by atoms with van der Waals surface area (Å²) in [6, 6.07) is 8.17. The third-order valence-electron chi connectivity index (χ3n) is 3.83. The van der Waals surface area contributed by atoms with E-state index in [1.165, 1.54) is 11.8 Å². The minimum absolute atomic E-state index is 0.0370. The van der Waals surface area contributed by atoms with E-state index in [9.17, 15) is 8.42 Å². The van der Waals surface area contributed by atoms with Crippen LogP contribution in [0.15, 0.2) is 29.3 Å². The largest absolute Gasteiger partial charge is 0.493 e. The van der Waals surface area contributed by atoms with Gasteiger partial charge in [-0.3, -0.25) is 4.99 Å². The van der Waals surface area contributed by atoms with Crippen molar-refractivity contribution in [2.75, 3.05) is 31.7 Å². The van der Waals surface area contributed by atoms with Crippen molar-refractivity contribution in [3.05, 3.63) is 29.8 Å². The fraction of sp³-hybridized carbons (Fsp3) is 0.650. The number of benzene rings is 1. The number of nitrogens with zero attached hydrogens (tertiary/aromatic N) is 1. The van der Waals surface area contributed by atoms with Gasteiger partial charge in [0.1, 0.15) is 15.6 Å². The van der Waals surface area contributed by atoms with Gasteiger partial charge in [0.2, 0.25) is 0 Å². The van der Waals surface area contributed by atoms with E-state index in [1.807, 2.05) is 26.0 Å². The van der Waals surface area contributed by atoms with Crippen LogP contribution in [-0.4, -0.2) is 52.1 Å². The lowest BCUT2D eigenvalue weighted by Crippen LogP contribution is -2.43. The molecular formula is C20H35N3O3S. The van der Waals surface area contributed by atoms with E-state index >= 15 is 0 Å². The average molecular weight is 398 g/mol. The summed E-state index contributed by atoms with van der Waals surface area (Å²) in [5.41, 5.74) is 1.21. The molecule has 0 fully saturated rings. The highest BCUT2D eigenvalue weighted by Gasteiger charge is 2.09. The number of guanidine groups is 1. The van der Waals surface area contributed by atoms with Gasteiger partial charge in [-0.25, -0.2) is 8.42 Å². The molecule has 6 nitrogen and oxygen atoms in total. The molecule has 0 aromatic heterocycles. The summed E-state index contributed by atoms with van der Waals surface area (Å²) in [4.78, 5) is 4.59. The number of hydrogen-bond donors (Lipinski definition) is 2. The van der Waals surface area contributed by atoms with E-state index in [4.69, 9.17) is 4.74 Å². The van der Waals surface area contributed by atoms with Gasteiger partial charge in [-0.15, -0.1) is 0 Å². The Kier molecular flexibility index (Phi) is 10.2. The van der Waals surface area contributed by atoms with E-state index in [2.05, 4.69) is 41.6 Å². The topological polar surface area (TPSA) is 79.8 Å². The Morgan fingerprint density at radius 1 is 1.19 bits per heavy atom. The van der Waals surface area contributed by atoms with Crippen molar-refractivity contribution < 1.29 is 13.2 Å². The molecule has 2 N–H and O–H groups in total. The SMILES string of the molecule is CCNC(=NCCc1ccc(OCC(C)C)cc1)NC(C)CCS(C)(=O)=O. The Bertz CT molecular complexity index is 670. The molecule has 0 amide bonds. The first kappa shape index (κ1) is 23.3. The van der Waals surface area contributed by atoms with Gasteiger partial charge in [0.15, 0.2) is 5.96 Å². The van der Waals surface area contributed by atoms with Crippen molar-refractivity contribution >= 4 is 15.8 Å². The molecule has 1 aromatic rings. The van der Waals surface area contributed by atoms with Crippen molar-refractivity contribution in [2.45, 2.75) is 46.6 Å². The molecule has 0 aliphatic carbocycles. The van der Waals surface area contributed by atoms with Gasteiger partial charge in [-0.05, 0) is 50.3 Å². The smallest absolute Gasteiger partial charge is 0.191 e. The number of aliphatic imine (C=N–C) groups is 1. The average Bonchev–Trinajstić information content (AvgIpc) is 2.59. The Morgan fingerprint density at radius 3 is 2.41 bits per heavy atom. The van der Waals surface area contributed by atoms with Crippen LogP contribution in [0.1, 0.15) is 39.7 Å². The van der Waals surface area contributed by atoms with Crippen LogP contribution in [0.25, 0.3) is 0 Å². The second-order valence-electron chi connectivity index (χ2n) is 7.32. The van der Waals surface area contributed by atoms with Crippen molar-refractivity contribution in [2.24, 2.45) is 10.9 Å². The Hall–Kier alpha value is -1.76. The highest BCUT2D eigenvalue weighted by molar-refractivity contribution is 7.90. The highest BCUT2D eigenvalue weighted by Crippen LogP contribution is 2.13. The minimum atomic E-state index is -2.94. The third-order valence-corrected chi connectivity index (χ3v) is 4.80. The summed E-state index contributed by atoms with van der Waals surface area (Å²) in [6.45, 7) is 10.4. The van der Waals surface area contributed by atoms with Gasteiger partial charge in [0.25, 0.3) is 0 Å². The molecule has 27 heavy (non-hydrogen) atoms. The molecule has 154 valence electrons. The highest BCUT2D eigenvalue weighted by atomic mass is 32.2. The zero-order valence-corrected chi connectivity index (χ0v) is 18.1. The molecule has 1 rings (SSSR count). The second kappa shape index (κ2) is 11.8. The predicted molar refractivity (Wildman–Crippen MR) is 113 cm³/mol. The molecule has 0 bridgehead atoms. The quantitative estimate of drug-likeness (QED) is 0.443. The van der Waals surface area contributed by atoms with Gasteiger partial charge in [0.05, 0.1) is 12.4 Å². The zero-order valence-electron chi connectivity index (χ0n) is 17.3. The molecule has 0 saturated carbocycles. The van der Waals surface area contributed by atoms with Gasteiger partial charge < -0.3 is 15.4 Å². The summed E-state index contributed by atoms with van der Waals surface area (Å²) in [7, 11) is -2.94. The van der Waals surface area contributed by atoms with Crippen LogP contribution in [0.4, 0.5) is 0 Å². The first-order valence-corrected chi connectivity index (χ1v) is 11.7. The summed E-state index contributed by atoms with van der Waals surface area (Å²) < 4.78 is 28.3. The fourth-order valence-corrected chi connectivity index (χ4v) is 3.11. The summed E-state index contributed by atoms with van der Waals surface area (Å²) in [6.07, 6.45) is 2.65. The van der Waals surface area contributed by atoms with Crippen LogP contribution >= 0.6 is 0 Å². The normalized spacial score (nSPS) is 13.5. The van der Waals surface area contributed by atoms with E-state index in [0.29, 0.717) is 18.9 Å². The molecule has 1 aromatic carbocycles. The standard InChI is InChI=1S/C20H35N3O3S/c1-6-21-20(23-17(4)12-14-27(5,24)25)22-13-11-18-7-9-19(10-8-18)26-15-16(2)3/h7-10,16-17H,6,11-15H2,1-5H3,(H2,21,22,23). The van der Waals surface area contributed by atoms with Crippen LogP contribution < -0.4 is 15.4 Å². The summed E-state index contributed by atoms with van der Waals surface area (Å²) >= 11 is 0. The number of hydrogen-bond acceptors (Lipinski definition) is 4. The fourth-order valence-electron chi connectivity index (χ4n) is 2.33. The monoisotopic (exact) mass is 397 g/mol. The second-order valence-corrected chi connectivity index (χ2v) is 9.58. The van der Waals surface area contributed by atoms with E-state index < -0.39 is 9.84 Å². The van der Waals surface area contributed by atoms with Gasteiger partial charge in [0, 0.05) is 25.4 Å². The van der Waals surface area contributed by atoms with E-state index in [0.717, 1.165) is 31.3 Å². The molecule has 0 radical (unpaired) electrons. The van der Waals surface area contributed by atoms with Crippen LogP contribution in [0.3, 0.4) is 0 Å². The van der Waals surface area contributed by atoms with Gasteiger partial charge >= 0.3 is 0 Å². The molecule has 7 heteroatoms. The lowest BCUT2D eigenvalue weighted by atomic mass is 10.1. The van der Waals surface area contributed by atoms with Crippen LogP contribution in [0, 0.1) is 5.92 Å². The maximum Gasteiger partial charge on any atom is 0.191 e. The number of ether oxygens (including phenoxy) is 1. The lowest BCUT2D eigenvalue weighted by Gasteiger charge is -2.17. The molecular weight excluding hydrogens is 362 g/mol. The van der Waals surface area contributed by atoms with Crippen molar-refractivity contribution in [1.82, 2.24) is 10.6 Å². The van der Waals surface area contributed by atoms with Crippen LogP contribution in [0.5, 0.6) is 5.75 Å². The number of rotatable bonds is 11. The first-order chi connectivity index (χ1) is 12.7. The van der Waals surface area contributed by atoms with Crippen molar-refractivity contribution in [1.29, 1.82) is 0 Å². The predicted octanol–water partition coefficient (Wildman–Crippen LogP) is 2.64. The third kappa shape index (κ3) is 11.5. The van der Waals surface area contributed by atoms with E-state index in [-0.39, 0.29) is 11.8 Å². The van der Waals surface area contributed by atoms with Gasteiger partial charge in [-0.2, -0.15) is 0 Å². The summed E-state index contributed by atoms with van der Waals surface area (Å²) in [5.74, 6) is 2.29. The maximum absolute atomic E-state index is 11.3. The van der Waals surface area contributed by atoms with Crippen molar-refractivity contribution in [3.63, 3.8) is 0 Å². The zero-order chi connectivity index (χ0) is 20.3. The van der Waals surface area contributed by atoms with Crippen molar-refractivity contribution in [3.8, 4) is 5.75 Å². The molecule has 0 spiro atoms. The minimum Gasteiger partial charge on any atom is -0.493 e.